The zero-order chi connectivity index (χ0) is 23.4. The van der Waals surface area contributed by atoms with Crippen molar-refractivity contribution in [2.45, 2.75) is 18.7 Å². The molecule has 1 amide bonds. The third kappa shape index (κ3) is 4.86. The molecule has 0 unspecified atom stereocenters. The highest BCUT2D eigenvalue weighted by molar-refractivity contribution is 7.89. The summed E-state index contributed by atoms with van der Waals surface area (Å²) in [5, 5.41) is 0. The molecule has 33 heavy (non-hydrogen) atoms. The lowest BCUT2D eigenvalue weighted by Crippen LogP contribution is -2.50. The van der Waals surface area contributed by atoms with Gasteiger partial charge in [-0.2, -0.15) is 4.31 Å². The van der Waals surface area contributed by atoms with E-state index >= 15 is 0 Å². The Morgan fingerprint density at radius 1 is 0.879 bits per heavy atom. The van der Waals surface area contributed by atoms with E-state index in [0.29, 0.717) is 68.1 Å². The third-order valence-electron chi connectivity index (χ3n) is 5.47. The first-order valence-electron chi connectivity index (χ1n) is 11.0. The van der Waals surface area contributed by atoms with E-state index in [0.717, 1.165) is 0 Å². The summed E-state index contributed by atoms with van der Waals surface area (Å²) in [5.41, 5.74) is 0.489. The van der Waals surface area contributed by atoms with Crippen molar-refractivity contribution in [3.05, 3.63) is 42.0 Å². The van der Waals surface area contributed by atoms with Gasteiger partial charge in [0, 0.05) is 37.8 Å². The highest BCUT2D eigenvalue weighted by Gasteiger charge is 2.31. The highest BCUT2D eigenvalue weighted by atomic mass is 32.2. The van der Waals surface area contributed by atoms with Crippen molar-refractivity contribution in [3.63, 3.8) is 0 Å². The van der Waals surface area contributed by atoms with Crippen molar-refractivity contribution < 1.29 is 32.2 Å². The quantitative estimate of drug-likeness (QED) is 0.606. The fourth-order valence-electron chi connectivity index (χ4n) is 3.83. The van der Waals surface area contributed by atoms with Crippen LogP contribution in [-0.2, 0) is 10.0 Å². The molecule has 0 saturated carbocycles. The van der Waals surface area contributed by atoms with Crippen LogP contribution in [0.5, 0.6) is 23.0 Å². The predicted molar refractivity (Wildman–Crippen MR) is 121 cm³/mol. The molecular weight excluding hydrogens is 448 g/mol. The van der Waals surface area contributed by atoms with Crippen molar-refractivity contribution in [1.82, 2.24) is 9.21 Å². The largest absolute Gasteiger partial charge is 0.490 e. The number of hydrogen-bond acceptors (Lipinski definition) is 7. The summed E-state index contributed by atoms with van der Waals surface area (Å²) in [6.07, 6.45) is 0. The lowest BCUT2D eigenvalue weighted by Gasteiger charge is -2.34. The van der Waals surface area contributed by atoms with E-state index < -0.39 is 10.0 Å². The standard InChI is InChI=1S/C23H28N2O7S/c1-3-29-19-8-6-18(16-22(19)30-4-2)33(27,28)25-11-9-24(10-12-25)23(26)17-5-7-20-21(15-17)32-14-13-31-20/h5-8,15-16H,3-4,9-14H2,1-2H3. The molecule has 10 heteroatoms. The summed E-state index contributed by atoms with van der Waals surface area (Å²) < 4.78 is 50.0. The van der Waals surface area contributed by atoms with Gasteiger partial charge in [-0.1, -0.05) is 0 Å². The van der Waals surface area contributed by atoms with Crippen LogP contribution in [0, 0.1) is 0 Å². The number of fused-ring (bicyclic) bond motifs is 1. The molecule has 0 N–H and O–H groups in total. The number of hydrogen-bond donors (Lipinski definition) is 0. The summed E-state index contributed by atoms with van der Waals surface area (Å²) in [6.45, 7) is 6.45. The number of benzene rings is 2. The van der Waals surface area contributed by atoms with Crippen LogP contribution in [0.3, 0.4) is 0 Å². The number of carbonyl (C=O) groups is 1. The lowest BCUT2D eigenvalue weighted by molar-refractivity contribution is 0.0697. The zero-order valence-electron chi connectivity index (χ0n) is 18.8. The molecule has 0 bridgehead atoms. The Bertz CT molecular complexity index is 1110. The van der Waals surface area contributed by atoms with Crippen LogP contribution < -0.4 is 18.9 Å². The SMILES string of the molecule is CCOc1ccc(S(=O)(=O)N2CCN(C(=O)c3ccc4c(c3)OCCO4)CC2)cc1OCC. The minimum atomic E-state index is -3.74. The van der Waals surface area contributed by atoms with Gasteiger partial charge in [-0.3, -0.25) is 4.79 Å². The molecule has 9 nitrogen and oxygen atoms in total. The van der Waals surface area contributed by atoms with Gasteiger partial charge >= 0.3 is 0 Å². The maximum Gasteiger partial charge on any atom is 0.254 e. The molecule has 2 aromatic rings. The van der Waals surface area contributed by atoms with E-state index in [2.05, 4.69) is 0 Å². The van der Waals surface area contributed by atoms with Crippen LogP contribution in [0.1, 0.15) is 24.2 Å². The second kappa shape index (κ2) is 9.88. The normalized spacial score (nSPS) is 16.4. The van der Waals surface area contributed by atoms with Crippen LogP contribution in [-0.4, -0.2) is 76.1 Å². The molecule has 2 heterocycles. The van der Waals surface area contributed by atoms with Crippen molar-refractivity contribution in [2.24, 2.45) is 0 Å². The van der Waals surface area contributed by atoms with E-state index in [4.69, 9.17) is 18.9 Å². The van der Waals surface area contributed by atoms with Gasteiger partial charge in [0.05, 0.1) is 18.1 Å². The fourth-order valence-corrected chi connectivity index (χ4v) is 5.27. The van der Waals surface area contributed by atoms with Crippen LogP contribution in [0.2, 0.25) is 0 Å². The Morgan fingerprint density at radius 2 is 1.55 bits per heavy atom. The molecule has 178 valence electrons. The van der Waals surface area contributed by atoms with E-state index in [1.54, 1.807) is 29.2 Å². The fraction of sp³-hybridized carbons (Fsp3) is 0.435. The molecule has 0 spiro atoms. The Balaban J connectivity index is 1.44. The van der Waals surface area contributed by atoms with Gasteiger partial charge in [-0.25, -0.2) is 8.42 Å². The predicted octanol–water partition coefficient (Wildman–Crippen LogP) is 2.40. The van der Waals surface area contributed by atoms with E-state index in [1.807, 2.05) is 13.8 Å². The number of carbonyl (C=O) groups excluding carboxylic acids is 1. The third-order valence-corrected chi connectivity index (χ3v) is 7.36. The van der Waals surface area contributed by atoms with Crippen LogP contribution in [0.4, 0.5) is 0 Å². The molecule has 2 aromatic carbocycles. The van der Waals surface area contributed by atoms with Gasteiger partial charge in [0.25, 0.3) is 5.91 Å². The van der Waals surface area contributed by atoms with Gasteiger partial charge in [0.2, 0.25) is 10.0 Å². The van der Waals surface area contributed by atoms with Crippen LogP contribution >= 0.6 is 0 Å². The molecule has 0 aromatic heterocycles. The number of sulfonamides is 1. The maximum absolute atomic E-state index is 13.2. The first-order chi connectivity index (χ1) is 15.9. The Labute approximate surface area is 193 Å². The molecule has 0 atom stereocenters. The number of ether oxygens (including phenoxy) is 4. The number of amides is 1. The second-order valence-corrected chi connectivity index (χ2v) is 9.47. The smallest absolute Gasteiger partial charge is 0.254 e. The molecule has 2 aliphatic heterocycles. The van der Waals surface area contributed by atoms with E-state index in [-0.39, 0.29) is 23.9 Å². The van der Waals surface area contributed by atoms with Gasteiger partial charge < -0.3 is 23.8 Å². The molecule has 1 fully saturated rings. The van der Waals surface area contributed by atoms with Crippen molar-refractivity contribution in [1.29, 1.82) is 0 Å². The van der Waals surface area contributed by atoms with E-state index in [1.165, 1.54) is 16.4 Å². The highest BCUT2D eigenvalue weighted by Crippen LogP contribution is 2.33. The van der Waals surface area contributed by atoms with Gasteiger partial charge in [0.1, 0.15) is 13.2 Å². The summed E-state index contributed by atoms with van der Waals surface area (Å²) in [7, 11) is -3.74. The van der Waals surface area contributed by atoms with Crippen molar-refractivity contribution in [3.8, 4) is 23.0 Å². The second-order valence-electron chi connectivity index (χ2n) is 7.53. The Hall–Kier alpha value is -2.98. The van der Waals surface area contributed by atoms with Gasteiger partial charge in [-0.15, -0.1) is 0 Å². The number of piperazine rings is 1. The average molecular weight is 477 g/mol. The summed E-state index contributed by atoms with van der Waals surface area (Å²) in [4.78, 5) is 14.8. The first-order valence-corrected chi connectivity index (χ1v) is 12.5. The maximum atomic E-state index is 13.2. The van der Waals surface area contributed by atoms with Crippen molar-refractivity contribution in [2.75, 3.05) is 52.6 Å². The first kappa shape index (κ1) is 23.2. The topological polar surface area (TPSA) is 94.6 Å². The molecule has 4 rings (SSSR count). The van der Waals surface area contributed by atoms with Crippen LogP contribution in [0.25, 0.3) is 0 Å². The zero-order valence-corrected chi connectivity index (χ0v) is 19.6. The minimum absolute atomic E-state index is 0.140. The Morgan fingerprint density at radius 3 is 2.24 bits per heavy atom. The van der Waals surface area contributed by atoms with Crippen molar-refractivity contribution >= 4 is 15.9 Å². The Kier molecular flexibility index (Phi) is 6.94. The monoisotopic (exact) mass is 476 g/mol. The molecule has 2 aliphatic rings. The number of rotatable bonds is 7. The molecule has 1 saturated heterocycles. The van der Waals surface area contributed by atoms with Gasteiger partial charge in [-0.05, 0) is 44.2 Å². The molecule has 0 radical (unpaired) electrons. The molecule has 0 aliphatic carbocycles. The van der Waals surface area contributed by atoms with Crippen LogP contribution in [0.15, 0.2) is 41.3 Å². The van der Waals surface area contributed by atoms with E-state index in [9.17, 15) is 13.2 Å². The summed E-state index contributed by atoms with van der Waals surface area (Å²) >= 11 is 0. The summed E-state index contributed by atoms with van der Waals surface area (Å²) in [6, 6.07) is 9.74. The van der Waals surface area contributed by atoms with Gasteiger partial charge in [0.15, 0.2) is 23.0 Å². The number of nitrogens with zero attached hydrogens (tertiary/aromatic N) is 2. The minimum Gasteiger partial charge on any atom is -0.490 e. The summed E-state index contributed by atoms with van der Waals surface area (Å²) in [5.74, 6) is 1.91. The molecular formula is C23H28N2O7S. The average Bonchev–Trinajstić information content (AvgIpc) is 2.84. The lowest BCUT2D eigenvalue weighted by atomic mass is 10.1.